The van der Waals surface area contributed by atoms with Crippen LogP contribution in [0, 0.1) is 11.7 Å². The van der Waals surface area contributed by atoms with Crippen molar-refractivity contribution in [3.63, 3.8) is 0 Å². The Bertz CT molecular complexity index is 876. The Labute approximate surface area is 183 Å². The van der Waals surface area contributed by atoms with Crippen LogP contribution in [0.3, 0.4) is 0 Å². The SMILES string of the molecule is CC(C)CC(=O)N1CCCC[C@H]1c1nnc(C2CCN(Cc3ccccc3F)CC2)o1. The average Bonchev–Trinajstić information content (AvgIpc) is 3.25. The molecule has 31 heavy (non-hydrogen) atoms. The fraction of sp³-hybridized carbons (Fsp3) is 0.625. The van der Waals surface area contributed by atoms with Crippen LogP contribution in [0.2, 0.25) is 0 Å². The van der Waals surface area contributed by atoms with Crippen LogP contribution in [0.25, 0.3) is 0 Å². The number of rotatable bonds is 6. The Balaban J connectivity index is 1.36. The second-order valence-electron chi connectivity index (χ2n) is 9.32. The Kier molecular flexibility index (Phi) is 7.00. The zero-order valence-corrected chi connectivity index (χ0v) is 18.6. The molecular weight excluding hydrogens is 395 g/mol. The molecule has 6 nitrogen and oxygen atoms in total. The van der Waals surface area contributed by atoms with Crippen LogP contribution >= 0.6 is 0 Å². The second-order valence-corrected chi connectivity index (χ2v) is 9.32. The lowest BCUT2D eigenvalue weighted by atomic mass is 9.96. The van der Waals surface area contributed by atoms with Gasteiger partial charge in [0.05, 0.1) is 0 Å². The van der Waals surface area contributed by atoms with Crippen LogP contribution in [0.15, 0.2) is 28.7 Å². The number of piperidine rings is 2. The average molecular weight is 429 g/mol. The minimum absolute atomic E-state index is 0.0950. The summed E-state index contributed by atoms with van der Waals surface area (Å²) in [6, 6.07) is 6.88. The molecule has 1 aromatic carbocycles. The van der Waals surface area contributed by atoms with Crippen molar-refractivity contribution in [1.82, 2.24) is 20.0 Å². The van der Waals surface area contributed by atoms with Crippen LogP contribution in [0.5, 0.6) is 0 Å². The maximum atomic E-state index is 13.9. The summed E-state index contributed by atoms with van der Waals surface area (Å²) in [5.74, 6) is 1.86. The van der Waals surface area contributed by atoms with Crippen molar-refractivity contribution >= 4 is 5.91 Å². The summed E-state index contributed by atoms with van der Waals surface area (Å²) in [7, 11) is 0. The van der Waals surface area contributed by atoms with Gasteiger partial charge in [-0.15, -0.1) is 10.2 Å². The number of carbonyl (C=O) groups is 1. The van der Waals surface area contributed by atoms with Gasteiger partial charge in [0.25, 0.3) is 0 Å². The standard InChI is InChI=1S/C24H33FN4O2/c1-17(2)15-22(30)29-12-6-5-9-21(29)24-27-26-23(31-24)18-10-13-28(14-11-18)16-19-7-3-4-8-20(19)25/h3-4,7-8,17-18,21H,5-6,9-16H2,1-2H3/t21-/m0/s1. The number of nitrogens with zero attached hydrogens (tertiary/aromatic N) is 4. The highest BCUT2D eigenvalue weighted by atomic mass is 19.1. The molecule has 0 unspecified atom stereocenters. The molecule has 2 saturated heterocycles. The van der Waals surface area contributed by atoms with E-state index in [0.717, 1.165) is 57.3 Å². The van der Waals surface area contributed by atoms with Gasteiger partial charge in [0.15, 0.2) is 0 Å². The van der Waals surface area contributed by atoms with E-state index in [9.17, 15) is 9.18 Å². The van der Waals surface area contributed by atoms with Gasteiger partial charge in [-0.1, -0.05) is 32.0 Å². The first-order chi connectivity index (χ1) is 15.0. The lowest BCUT2D eigenvalue weighted by Gasteiger charge is -2.34. The summed E-state index contributed by atoms with van der Waals surface area (Å²) >= 11 is 0. The highest BCUT2D eigenvalue weighted by Gasteiger charge is 2.33. The first-order valence-electron chi connectivity index (χ1n) is 11.6. The van der Waals surface area contributed by atoms with E-state index in [0.29, 0.717) is 30.7 Å². The normalized spacial score (nSPS) is 21.0. The number of amides is 1. The van der Waals surface area contributed by atoms with E-state index in [1.807, 2.05) is 17.0 Å². The first-order valence-corrected chi connectivity index (χ1v) is 11.6. The lowest BCUT2D eigenvalue weighted by Crippen LogP contribution is -2.39. The molecule has 2 aliphatic heterocycles. The maximum absolute atomic E-state index is 13.9. The smallest absolute Gasteiger partial charge is 0.238 e. The topological polar surface area (TPSA) is 62.5 Å². The van der Waals surface area contributed by atoms with E-state index in [2.05, 4.69) is 28.9 Å². The van der Waals surface area contributed by atoms with Gasteiger partial charge in [-0.2, -0.15) is 0 Å². The third kappa shape index (κ3) is 5.32. The Morgan fingerprint density at radius 1 is 1.10 bits per heavy atom. The Morgan fingerprint density at radius 3 is 2.58 bits per heavy atom. The summed E-state index contributed by atoms with van der Waals surface area (Å²) in [4.78, 5) is 16.9. The number of halogens is 1. The van der Waals surface area contributed by atoms with Crippen molar-refractivity contribution in [2.75, 3.05) is 19.6 Å². The number of hydrogen-bond donors (Lipinski definition) is 0. The molecule has 0 bridgehead atoms. The van der Waals surface area contributed by atoms with Gasteiger partial charge in [0, 0.05) is 31.0 Å². The third-order valence-corrected chi connectivity index (χ3v) is 6.44. The molecule has 0 N–H and O–H groups in total. The van der Waals surface area contributed by atoms with Crippen LogP contribution in [0.4, 0.5) is 4.39 Å². The van der Waals surface area contributed by atoms with E-state index < -0.39 is 0 Å². The fourth-order valence-electron chi connectivity index (χ4n) is 4.71. The van der Waals surface area contributed by atoms with Crippen LogP contribution in [-0.4, -0.2) is 45.5 Å². The number of carbonyl (C=O) groups excluding carboxylic acids is 1. The summed E-state index contributed by atoms with van der Waals surface area (Å²) in [5.41, 5.74) is 0.740. The highest BCUT2D eigenvalue weighted by Crippen LogP contribution is 2.34. The van der Waals surface area contributed by atoms with Gasteiger partial charge in [0.2, 0.25) is 17.7 Å². The van der Waals surface area contributed by atoms with Gasteiger partial charge in [-0.25, -0.2) is 4.39 Å². The summed E-state index contributed by atoms with van der Waals surface area (Å²) < 4.78 is 20.1. The molecule has 1 aromatic heterocycles. The zero-order chi connectivity index (χ0) is 21.8. The Hall–Kier alpha value is -2.28. The van der Waals surface area contributed by atoms with Crippen molar-refractivity contribution < 1.29 is 13.6 Å². The van der Waals surface area contributed by atoms with Gasteiger partial charge in [0.1, 0.15) is 11.9 Å². The van der Waals surface area contributed by atoms with Gasteiger partial charge in [-0.3, -0.25) is 9.69 Å². The van der Waals surface area contributed by atoms with Gasteiger partial charge >= 0.3 is 0 Å². The molecular formula is C24H33FN4O2. The molecule has 2 aliphatic rings. The van der Waals surface area contributed by atoms with Crippen molar-refractivity contribution in [3.8, 4) is 0 Å². The number of hydrogen-bond acceptors (Lipinski definition) is 5. The molecule has 168 valence electrons. The fourth-order valence-corrected chi connectivity index (χ4v) is 4.71. The van der Waals surface area contributed by atoms with Crippen molar-refractivity contribution in [2.45, 2.75) is 70.9 Å². The predicted molar refractivity (Wildman–Crippen MR) is 116 cm³/mol. The van der Waals surface area contributed by atoms with Crippen LogP contribution in [-0.2, 0) is 11.3 Å². The Morgan fingerprint density at radius 2 is 1.84 bits per heavy atom. The molecule has 0 spiro atoms. The minimum atomic E-state index is -0.143. The van der Waals surface area contributed by atoms with Crippen LogP contribution < -0.4 is 0 Å². The van der Waals surface area contributed by atoms with Crippen molar-refractivity contribution in [1.29, 1.82) is 0 Å². The van der Waals surface area contributed by atoms with Gasteiger partial charge < -0.3 is 9.32 Å². The molecule has 0 saturated carbocycles. The molecule has 4 rings (SSSR count). The van der Waals surface area contributed by atoms with E-state index in [4.69, 9.17) is 4.42 Å². The summed E-state index contributed by atoms with van der Waals surface area (Å²) in [5, 5.41) is 8.71. The molecule has 0 aliphatic carbocycles. The van der Waals surface area contributed by atoms with E-state index in [1.54, 1.807) is 6.07 Å². The molecule has 2 aromatic rings. The molecule has 1 atom stereocenters. The number of benzene rings is 1. The monoisotopic (exact) mass is 428 g/mol. The van der Waals surface area contributed by atoms with Crippen molar-refractivity contribution in [2.24, 2.45) is 5.92 Å². The van der Waals surface area contributed by atoms with E-state index in [-0.39, 0.29) is 23.7 Å². The third-order valence-electron chi connectivity index (χ3n) is 6.44. The maximum Gasteiger partial charge on any atom is 0.238 e. The summed E-state index contributed by atoms with van der Waals surface area (Å²) in [6.07, 6.45) is 5.36. The molecule has 1 amide bonds. The second kappa shape index (κ2) is 9.90. The number of aromatic nitrogens is 2. The first kappa shape index (κ1) is 21.9. The zero-order valence-electron chi connectivity index (χ0n) is 18.6. The van der Waals surface area contributed by atoms with E-state index >= 15 is 0 Å². The molecule has 0 radical (unpaired) electrons. The quantitative estimate of drug-likeness (QED) is 0.668. The highest BCUT2D eigenvalue weighted by molar-refractivity contribution is 5.76. The molecule has 3 heterocycles. The van der Waals surface area contributed by atoms with Crippen molar-refractivity contribution in [3.05, 3.63) is 47.4 Å². The summed E-state index contributed by atoms with van der Waals surface area (Å²) in [6.45, 7) is 7.28. The minimum Gasteiger partial charge on any atom is -0.423 e. The molecule has 7 heteroatoms. The van der Waals surface area contributed by atoms with Gasteiger partial charge in [-0.05, 0) is 57.2 Å². The van der Waals surface area contributed by atoms with Crippen LogP contribution in [0.1, 0.15) is 81.7 Å². The predicted octanol–water partition coefficient (Wildman–Crippen LogP) is 4.69. The lowest BCUT2D eigenvalue weighted by molar-refractivity contribution is -0.136. The number of likely N-dealkylation sites (tertiary alicyclic amines) is 2. The van der Waals surface area contributed by atoms with E-state index in [1.165, 1.54) is 6.07 Å². The largest absolute Gasteiger partial charge is 0.423 e. The molecule has 2 fully saturated rings.